The van der Waals surface area contributed by atoms with Gasteiger partial charge in [-0.15, -0.1) is 0 Å². The van der Waals surface area contributed by atoms with E-state index in [4.69, 9.17) is 11.6 Å². The minimum Gasteiger partial charge on any atom is -0.348 e. The van der Waals surface area contributed by atoms with Gasteiger partial charge in [0.15, 0.2) is 0 Å². The van der Waals surface area contributed by atoms with E-state index in [0.717, 1.165) is 25.8 Å². The molecule has 0 atom stereocenters. The van der Waals surface area contributed by atoms with E-state index in [1.54, 1.807) is 0 Å². The number of nitrogens with zero attached hydrogens (tertiary/aromatic N) is 4. The standard InChI is InChI=1S/C10H13ClN4O2/c1-2-5-14(7-3-4-7)10-8(15(16)17)9(11)12-6-13-10/h6-7H,2-5H2,1H3. The first kappa shape index (κ1) is 12.0. The number of rotatable bonds is 5. The summed E-state index contributed by atoms with van der Waals surface area (Å²) < 4.78 is 0. The highest BCUT2D eigenvalue weighted by Crippen LogP contribution is 2.37. The van der Waals surface area contributed by atoms with Crippen molar-refractivity contribution in [3.8, 4) is 0 Å². The summed E-state index contributed by atoms with van der Waals surface area (Å²) >= 11 is 5.77. The zero-order chi connectivity index (χ0) is 12.4. The summed E-state index contributed by atoms with van der Waals surface area (Å²) in [5.41, 5.74) is -0.186. The molecule has 17 heavy (non-hydrogen) atoms. The topological polar surface area (TPSA) is 72.2 Å². The summed E-state index contributed by atoms with van der Waals surface area (Å²) in [4.78, 5) is 20.2. The van der Waals surface area contributed by atoms with Gasteiger partial charge in [0.05, 0.1) is 4.92 Å². The first-order valence-corrected chi connectivity index (χ1v) is 5.94. The zero-order valence-corrected chi connectivity index (χ0v) is 10.2. The van der Waals surface area contributed by atoms with Crippen molar-refractivity contribution >= 4 is 23.1 Å². The number of aromatic nitrogens is 2. The van der Waals surface area contributed by atoms with Crippen molar-refractivity contribution in [1.82, 2.24) is 9.97 Å². The van der Waals surface area contributed by atoms with Crippen LogP contribution in [0, 0.1) is 10.1 Å². The van der Waals surface area contributed by atoms with Crippen LogP contribution in [0.3, 0.4) is 0 Å². The lowest BCUT2D eigenvalue weighted by Crippen LogP contribution is -2.28. The van der Waals surface area contributed by atoms with Crippen LogP contribution in [-0.4, -0.2) is 27.5 Å². The second kappa shape index (κ2) is 4.83. The van der Waals surface area contributed by atoms with Crippen LogP contribution in [0.2, 0.25) is 5.15 Å². The van der Waals surface area contributed by atoms with Gasteiger partial charge in [0.1, 0.15) is 6.33 Å². The summed E-state index contributed by atoms with van der Waals surface area (Å²) in [7, 11) is 0. The molecule has 92 valence electrons. The molecule has 1 aromatic heterocycles. The molecule has 0 unspecified atom stereocenters. The molecular weight excluding hydrogens is 244 g/mol. The fourth-order valence-corrected chi connectivity index (χ4v) is 2.00. The van der Waals surface area contributed by atoms with Crippen LogP contribution in [0.5, 0.6) is 0 Å². The molecule has 0 N–H and O–H groups in total. The largest absolute Gasteiger partial charge is 0.348 e. The fraction of sp³-hybridized carbons (Fsp3) is 0.600. The summed E-state index contributed by atoms with van der Waals surface area (Å²) in [6.07, 6.45) is 4.29. The van der Waals surface area contributed by atoms with Gasteiger partial charge in [-0.2, -0.15) is 0 Å². The number of nitro groups is 1. The van der Waals surface area contributed by atoms with Crippen molar-refractivity contribution in [2.45, 2.75) is 32.2 Å². The van der Waals surface area contributed by atoms with Gasteiger partial charge in [0.2, 0.25) is 11.0 Å². The van der Waals surface area contributed by atoms with E-state index in [1.807, 2.05) is 11.8 Å². The molecule has 1 aromatic rings. The summed E-state index contributed by atoms with van der Waals surface area (Å²) in [6.45, 7) is 2.78. The zero-order valence-electron chi connectivity index (χ0n) is 9.47. The molecule has 0 aromatic carbocycles. The maximum Gasteiger partial charge on any atom is 0.348 e. The quantitative estimate of drug-likeness (QED) is 0.460. The number of anilines is 1. The molecule has 0 spiro atoms. The molecule has 0 amide bonds. The van der Waals surface area contributed by atoms with E-state index in [0.29, 0.717) is 11.9 Å². The molecule has 0 saturated heterocycles. The van der Waals surface area contributed by atoms with E-state index >= 15 is 0 Å². The third-order valence-corrected chi connectivity index (χ3v) is 2.94. The van der Waals surface area contributed by atoms with Gasteiger partial charge in [-0.3, -0.25) is 10.1 Å². The summed E-state index contributed by atoms with van der Waals surface area (Å²) in [5.74, 6) is 0.347. The molecule has 1 aliphatic carbocycles. The highest BCUT2D eigenvalue weighted by molar-refractivity contribution is 6.31. The van der Waals surface area contributed by atoms with Gasteiger partial charge in [-0.1, -0.05) is 18.5 Å². The monoisotopic (exact) mass is 256 g/mol. The van der Waals surface area contributed by atoms with E-state index in [1.165, 1.54) is 6.33 Å². The number of hydrogen-bond acceptors (Lipinski definition) is 5. The van der Waals surface area contributed by atoms with Gasteiger partial charge in [0.25, 0.3) is 0 Å². The van der Waals surface area contributed by atoms with Crippen LogP contribution in [-0.2, 0) is 0 Å². The molecule has 2 rings (SSSR count). The summed E-state index contributed by atoms with van der Waals surface area (Å²) in [5, 5.41) is 10.9. The molecule has 1 saturated carbocycles. The Kier molecular flexibility index (Phi) is 3.42. The van der Waals surface area contributed by atoms with Crippen LogP contribution in [0.4, 0.5) is 11.5 Å². The van der Waals surface area contributed by atoms with Crippen LogP contribution < -0.4 is 4.90 Å². The lowest BCUT2D eigenvalue weighted by atomic mass is 10.3. The van der Waals surface area contributed by atoms with Crippen LogP contribution in [0.15, 0.2) is 6.33 Å². The lowest BCUT2D eigenvalue weighted by molar-refractivity contribution is -0.384. The van der Waals surface area contributed by atoms with E-state index < -0.39 is 4.92 Å². The molecule has 1 heterocycles. The Balaban J connectivity index is 2.41. The van der Waals surface area contributed by atoms with Crippen molar-refractivity contribution < 1.29 is 4.92 Å². The fourth-order valence-electron chi connectivity index (χ4n) is 1.80. The first-order valence-electron chi connectivity index (χ1n) is 5.56. The average Bonchev–Trinajstić information content (AvgIpc) is 3.08. The molecule has 1 aliphatic rings. The Morgan fingerprint density at radius 1 is 1.59 bits per heavy atom. The predicted octanol–water partition coefficient (Wildman–Crippen LogP) is 2.42. The highest BCUT2D eigenvalue weighted by Gasteiger charge is 2.35. The number of halogens is 1. The smallest absolute Gasteiger partial charge is 0.348 e. The second-order valence-corrected chi connectivity index (χ2v) is 4.38. The van der Waals surface area contributed by atoms with Gasteiger partial charge in [-0.05, 0) is 19.3 Å². The Morgan fingerprint density at radius 3 is 2.82 bits per heavy atom. The van der Waals surface area contributed by atoms with Crippen molar-refractivity contribution in [2.75, 3.05) is 11.4 Å². The molecule has 6 nitrogen and oxygen atoms in total. The normalized spacial score (nSPS) is 14.7. The second-order valence-electron chi connectivity index (χ2n) is 4.02. The van der Waals surface area contributed by atoms with Crippen molar-refractivity contribution in [3.05, 3.63) is 21.6 Å². The van der Waals surface area contributed by atoms with Gasteiger partial charge < -0.3 is 4.90 Å². The van der Waals surface area contributed by atoms with Crippen molar-refractivity contribution in [2.24, 2.45) is 0 Å². The maximum atomic E-state index is 11.0. The van der Waals surface area contributed by atoms with E-state index in [-0.39, 0.29) is 10.8 Å². The Hall–Kier alpha value is -1.43. The van der Waals surface area contributed by atoms with Gasteiger partial charge in [0, 0.05) is 12.6 Å². The predicted molar refractivity (Wildman–Crippen MR) is 64.4 cm³/mol. The molecule has 7 heteroatoms. The molecular formula is C10H13ClN4O2. The molecule has 0 radical (unpaired) electrons. The highest BCUT2D eigenvalue weighted by atomic mass is 35.5. The van der Waals surface area contributed by atoms with E-state index in [2.05, 4.69) is 9.97 Å². The van der Waals surface area contributed by atoms with Crippen LogP contribution >= 0.6 is 11.6 Å². The first-order chi connectivity index (χ1) is 8.15. The maximum absolute atomic E-state index is 11.0. The van der Waals surface area contributed by atoms with Gasteiger partial charge in [-0.25, -0.2) is 9.97 Å². The van der Waals surface area contributed by atoms with Crippen molar-refractivity contribution in [1.29, 1.82) is 0 Å². The summed E-state index contributed by atoms with van der Waals surface area (Å²) in [6, 6.07) is 0.361. The SMILES string of the molecule is CCCN(c1ncnc(Cl)c1[N+](=O)[O-])C1CC1. The minimum absolute atomic E-state index is 0.0956. The Labute approximate surface area is 104 Å². The minimum atomic E-state index is -0.511. The molecule has 0 aliphatic heterocycles. The molecule has 0 bridgehead atoms. The van der Waals surface area contributed by atoms with Gasteiger partial charge >= 0.3 is 5.69 Å². The third kappa shape index (κ3) is 2.46. The van der Waals surface area contributed by atoms with E-state index in [9.17, 15) is 10.1 Å². The average molecular weight is 257 g/mol. The van der Waals surface area contributed by atoms with Crippen molar-refractivity contribution in [3.63, 3.8) is 0 Å². The van der Waals surface area contributed by atoms with Crippen LogP contribution in [0.25, 0.3) is 0 Å². The Morgan fingerprint density at radius 2 is 2.29 bits per heavy atom. The number of hydrogen-bond donors (Lipinski definition) is 0. The van der Waals surface area contributed by atoms with Crippen LogP contribution in [0.1, 0.15) is 26.2 Å². The molecule has 1 fully saturated rings. The Bertz CT molecular complexity index is 436. The third-order valence-electron chi connectivity index (χ3n) is 2.67. The lowest BCUT2D eigenvalue weighted by Gasteiger charge is -2.22.